The van der Waals surface area contributed by atoms with E-state index in [1.165, 1.54) is 0 Å². The normalized spacial score (nSPS) is 45.0. The third-order valence-electron chi connectivity index (χ3n) is 5.70. The second-order valence-electron chi connectivity index (χ2n) is 7.45. The number of nitrogens with zero attached hydrogens (tertiary/aromatic N) is 1. The molecule has 5 atom stereocenters. The van der Waals surface area contributed by atoms with Crippen LogP contribution in [0.3, 0.4) is 0 Å². The summed E-state index contributed by atoms with van der Waals surface area (Å²) in [6, 6.07) is 0. The van der Waals surface area contributed by atoms with Crippen LogP contribution >= 0.6 is 11.8 Å². The molecule has 4 unspecified atom stereocenters. The minimum atomic E-state index is -0.855. The Kier molecular flexibility index (Phi) is 4.56. The highest BCUT2D eigenvalue weighted by Gasteiger charge is 2.48. The van der Waals surface area contributed by atoms with E-state index in [4.69, 9.17) is 4.74 Å². The number of ether oxygens (including phenoxy) is 1. The molecule has 0 bridgehead atoms. The van der Waals surface area contributed by atoms with E-state index in [1.54, 1.807) is 0 Å². The van der Waals surface area contributed by atoms with Gasteiger partial charge in [0, 0.05) is 43.9 Å². The molecule has 2 N–H and O–H groups in total. The van der Waals surface area contributed by atoms with Crippen molar-refractivity contribution in [2.45, 2.75) is 48.8 Å². The largest absolute Gasteiger partial charge is 0.368 e. The number of likely N-dealkylation sites (tertiary alicyclic amines) is 1. The third kappa shape index (κ3) is 3.38. The maximum atomic E-state index is 13.7. The SMILES string of the molecule is O=C1NC[C@@]2(CCN(CC3CNCS3)C2)OC2CCC(F)CC12. The number of fused-ring (bicyclic) bond motifs is 1. The number of carbonyl (C=O) groups is 1. The average molecular weight is 343 g/mol. The van der Waals surface area contributed by atoms with E-state index in [9.17, 15) is 9.18 Å². The summed E-state index contributed by atoms with van der Waals surface area (Å²) in [6.07, 6.45) is 1.52. The van der Waals surface area contributed by atoms with Gasteiger partial charge in [-0.1, -0.05) is 0 Å². The first-order valence-corrected chi connectivity index (χ1v) is 9.83. The van der Waals surface area contributed by atoms with Crippen LogP contribution < -0.4 is 10.6 Å². The first kappa shape index (κ1) is 16.1. The van der Waals surface area contributed by atoms with Crippen molar-refractivity contribution in [3.05, 3.63) is 0 Å². The molecule has 0 aromatic rings. The lowest BCUT2D eigenvalue weighted by Crippen LogP contribution is -2.46. The van der Waals surface area contributed by atoms with Gasteiger partial charge >= 0.3 is 0 Å². The quantitative estimate of drug-likeness (QED) is 0.775. The van der Waals surface area contributed by atoms with E-state index in [-0.39, 0.29) is 23.5 Å². The van der Waals surface area contributed by atoms with Crippen LogP contribution in [0.1, 0.15) is 25.7 Å². The fraction of sp³-hybridized carbons (Fsp3) is 0.938. The van der Waals surface area contributed by atoms with Crippen LogP contribution in [0.2, 0.25) is 0 Å². The molecule has 4 aliphatic rings. The molecular formula is C16H26FN3O2S. The van der Waals surface area contributed by atoms with Crippen LogP contribution in [0.15, 0.2) is 0 Å². The lowest BCUT2D eigenvalue weighted by Gasteiger charge is -2.35. The zero-order valence-corrected chi connectivity index (χ0v) is 14.2. The fourth-order valence-electron chi connectivity index (χ4n) is 4.44. The van der Waals surface area contributed by atoms with Crippen LogP contribution in [0.4, 0.5) is 4.39 Å². The summed E-state index contributed by atoms with van der Waals surface area (Å²) in [5.41, 5.74) is -0.269. The van der Waals surface area contributed by atoms with Gasteiger partial charge in [0.05, 0.1) is 17.6 Å². The fourth-order valence-corrected chi connectivity index (χ4v) is 5.46. The van der Waals surface area contributed by atoms with E-state index in [2.05, 4.69) is 15.5 Å². The van der Waals surface area contributed by atoms with Crippen molar-refractivity contribution in [3.8, 4) is 0 Å². The highest BCUT2D eigenvalue weighted by molar-refractivity contribution is 8.00. The molecule has 3 saturated heterocycles. The molecular weight excluding hydrogens is 317 g/mol. The van der Waals surface area contributed by atoms with Gasteiger partial charge < -0.3 is 15.4 Å². The Balaban J connectivity index is 1.41. The Hall–Kier alpha value is -0.370. The molecule has 1 amide bonds. The summed E-state index contributed by atoms with van der Waals surface area (Å²) in [7, 11) is 0. The summed E-state index contributed by atoms with van der Waals surface area (Å²) in [4.78, 5) is 14.8. The molecule has 4 fully saturated rings. The first-order chi connectivity index (χ1) is 11.1. The topological polar surface area (TPSA) is 53.6 Å². The first-order valence-electron chi connectivity index (χ1n) is 8.78. The van der Waals surface area contributed by atoms with E-state index < -0.39 is 6.17 Å². The zero-order chi connectivity index (χ0) is 15.9. The van der Waals surface area contributed by atoms with Crippen molar-refractivity contribution in [2.75, 3.05) is 38.6 Å². The molecule has 4 rings (SSSR count). The van der Waals surface area contributed by atoms with Crippen molar-refractivity contribution >= 4 is 17.7 Å². The smallest absolute Gasteiger partial charge is 0.225 e. The molecule has 0 aromatic carbocycles. The summed E-state index contributed by atoms with van der Waals surface area (Å²) >= 11 is 1.98. The number of hydrogen-bond donors (Lipinski definition) is 2. The zero-order valence-electron chi connectivity index (χ0n) is 13.4. The summed E-state index contributed by atoms with van der Waals surface area (Å²) in [6.45, 7) is 4.64. The molecule has 3 heterocycles. The maximum Gasteiger partial charge on any atom is 0.225 e. The van der Waals surface area contributed by atoms with Crippen molar-refractivity contribution in [3.63, 3.8) is 0 Å². The predicted octanol–water partition coefficient (Wildman–Crippen LogP) is 0.747. The standard InChI is InChI=1S/C16H26FN3O2S/c17-11-1-2-14-13(5-11)15(21)19-8-16(22-14)3-4-20(9-16)7-12-6-18-10-23-12/h11-14,18H,1-10H2,(H,19,21)/t11?,12?,13?,14?,16-/m1/s1. The Morgan fingerprint density at radius 3 is 3.17 bits per heavy atom. The van der Waals surface area contributed by atoms with Gasteiger partial charge in [0.15, 0.2) is 0 Å². The van der Waals surface area contributed by atoms with E-state index in [0.717, 1.165) is 38.5 Å². The average Bonchev–Trinajstić information content (AvgIpc) is 3.15. The summed E-state index contributed by atoms with van der Waals surface area (Å²) in [5.74, 6) is 0.731. The van der Waals surface area contributed by atoms with Crippen molar-refractivity contribution < 1.29 is 13.9 Å². The number of thioether (sulfide) groups is 1. The van der Waals surface area contributed by atoms with Gasteiger partial charge in [-0.05, 0) is 25.7 Å². The minimum Gasteiger partial charge on any atom is -0.368 e. The molecule has 3 aliphatic heterocycles. The van der Waals surface area contributed by atoms with Crippen LogP contribution in [-0.4, -0.2) is 72.5 Å². The minimum absolute atomic E-state index is 0.0109. The summed E-state index contributed by atoms with van der Waals surface area (Å²) in [5, 5.41) is 7.08. The second kappa shape index (κ2) is 6.50. The van der Waals surface area contributed by atoms with Gasteiger partial charge in [-0.15, -0.1) is 11.8 Å². The number of alkyl halides is 1. The Bertz CT molecular complexity index is 463. The Labute approximate surface area is 141 Å². The molecule has 0 aromatic heterocycles. The van der Waals surface area contributed by atoms with Crippen molar-refractivity contribution in [2.24, 2.45) is 5.92 Å². The van der Waals surface area contributed by atoms with Crippen LogP contribution in [0.5, 0.6) is 0 Å². The van der Waals surface area contributed by atoms with Crippen LogP contribution in [0.25, 0.3) is 0 Å². The number of halogens is 1. The molecule has 1 aliphatic carbocycles. The van der Waals surface area contributed by atoms with Gasteiger partial charge in [0.1, 0.15) is 6.17 Å². The number of carbonyl (C=O) groups excluding carboxylic acids is 1. The lowest BCUT2D eigenvalue weighted by atomic mass is 9.84. The third-order valence-corrected chi connectivity index (χ3v) is 6.85. The highest BCUT2D eigenvalue weighted by atomic mass is 32.2. The van der Waals surface area contributed by atoms with E-state index in [1.807, 2.05) is 11.8 Å². The highest BCUT2D eigenvalue weighted by Crippen LogP contribution is 2.37. The van der Waals surface area contributed by atoms with Crippen molar-refractivity contribution in [1.29, 1.82) is 0 Å². The van der Waals surface area contributed by atoms with Crippen LogP contribution in [-0.2, 0) is 9.53 Å². The molecule has 130 valence electrons. The molecule has 23 heavy (non-hydrogen) atoms. The van der Waals surface area contributed by atoms with Gasteiger partial charge in [0.2, 0.25) is 5.91 Å². The second-order valence-corrected chi connectivity index (χ2v) is 8.73. The van der Waals surface area contributed by atoms with E-state index in [0.29, 0.717) is 31.1 Å². The van der Waals surface area contributed by atoms with Crippen LogP contribution in [0, 0.1) is 5.92 Å². The number of nitrogens with one attached hydrogen (secondary N) is 2. The predicted molar refractivity (Wildman–Crippen MR) is 88.2 cm³/mol. The van der Waals surface area contributed by atoms with Gasteiger partial charge in [-0.2, -0.15) is 0 Å². The number of rotatable bonds is 2. The maximum absolute atomic E-state index is 13.7. The molecule has 1 saturated carbocycles. The van der Waals surface area contributed by atoms with Crippen molar-refractivity contribution in [1.82, 2.24) is 15.5 Å². The van der Waals surface area contributed by atoms with Gasteiger partial charge in [-0.25, -0.2) is 4.39 Å². The van der Waals surface area contributed by atoms with E-state index >= 15 is 0 Å². The monoisotopic (exact) mass is 343 g/mol. The van der Waals surface area contributed by atoms with Gasteiger partial charge in [0.25, 0.3) is 0 Å². The van der Waals surface area contributed by atoms with Gasteiger partial charge in [-0.3, -0.25) is 9.69 Å². The Morgan fingerprint density at radius 1 is 1.43 bits per heavy atom. The summed E-state index contributed by atoms with van der Waals surface area (Å²) < 4.78 is 20.1. The Morgan fingerprint density at radius 2 is 2.35 bits per heavy atom. The molecule has 1 spiro atoms. The number of hydrogen-bond acceptors (Lipinski definition) is 5. The lowest BCUT2D eigenvalue weighted by molar-refractivity contribution is -0.136. The molecule has 7 heteroatoms. The molecule has 5 nitrogen and oxygen atoms in total. The molecule has 0 radical (unpaired) electrons. The number of amides is 1.